The zero-order chi connectivity index (χ0) is 14.9. The fourth-order valence-electron chi connectivity index (χ4n) is 3.62. The van der Waals surface area contributed by atoms with Crippen LogP contribution < -0.4 is 0 Å². The largest absolute Gasteiger partial charge is 0.467 e. The molecule has 0 aromatic heterocycles. The van der Waals surface area contributed by atoms with E-state index in [1.54, 1.807) is 11.8 Å². The summed E-state index contributed by atoms with van der Waals surface area (Å²) < 4.78 is 4.77. The lowest BCUT2D eigenvalue weighted by Crippen LogP contribution is -2.53. The molecule has 2 aliphatic rings. The molecule has 2 heterocycles. The van der Waals surface area contributed by atoms with Crippen molar-refractivity contribution in [2.45, 2.75) is 51.6 Å². The van der Waals surface area contributed by atoms with E-state index in [-0.39, 0.29) is 17.4 Å². The highest BCUT2D eigenvalue weighted by Crippen LogP contribution is 2.39. The highest BCUT2D eigenvalue weighted by molar-refractivity contribution is 5.92. The molecule has 0 aromatic rings. The lowest BCUT2D eigenvalue weighted by molar-refractivity contribution is -0.152. The summed E-state index contributed by atoms with van der Waals surface area (Å²) in [5.74, 6) is 0.335. The van der Waals surface area contributed by atoms with Gasteiger partial charge in [-0.15, -0.1) is 0 Å². The van der Waals surface area contributed by atoms with Gasteiger partial charge in [-0.3, -0.25) is 9.69 Å². The predicted molar refractivity (Wildman–Crippen MR) is 76.2 cm³/mol. The first-order valence-electron chi connectivity index (χ1n) is 7.56. The third-order valence-electron chi connectivity index (χ3n) is 4.64. The molecule has 5 heteroatoms. The number of likely N-dealkylation sites (tertiary alicyclic amines) is 2. The summed E-state index contributed by atoms with van der Waals surface area (Å²) in [4.78, 5) is 28.6. The van der Waals surface area contributed by atoms with Crippen LogP contribution in [0.3, 0.4) is 0 Å². The molecule has 1 amide bonds. The molecule has 0 unspecified atom stereocenters. The van der Waals surface area contributed by atoms with Crippen LogP contribution in [0, 0.1) is 5.92 Å². The maximum Gasteiger partial charge on any atom is 0.328 e. The lowest BCUT2D eigenvalue weighted by Gasteiger charge is -2.35. The van der Waals surface area contributed by atoms with E-state index in [0.29, 0.717) is 12.5 Å². The molecule has 114 valence electrons. The van der Waals surface area contributed by atoms with Crippen LogP contribution in [0.2, 0.25) is 0 Å². The van der Waals surface area contributed by atoms with Crippen molar-refractivity contribution >= 4 is 11.9 Å². The quantitative estimate of drug-likeness (QED) is 0.729. The molecule has 2 rings (SSSR count). The molecule has 20 heavy (non-hydrogen) atoms. The minimum absolute atomic E-state index is 0.119. The molecule has 2 fully saturated rings. The standard InChI is InChI=1S/C15H26N2O3/c1-11(2)10-16-8-5-6-15(16)7-9-17(14(15)19)12(3)13(18)20-4/h11-12H,5-10H2,1-4H3/t12-,15-/m0/s1. The first-order valence-corrected chi connectivity index (χ1v) is 7.56. The molecule has 0 N–H and O–H groups in total. The number of carbonyl (C=O) groups is 2. The first-order chi connectivity index (χ1) is 9.42. The average Bonchev–Trinajstić information content (AvgIpc) is 2.95. The van der Waals surface area contributed by atoms with E-state index in [4.69, 9.17) is 4.74 Å². The normalized spacial score (nSPS) is 28.6. The van der Waals surface area contributed by atoms with Gasteiger partial charge in [0, 0.05) is 13.1 Å². The Hall–Kier alpha value is -1.10. The number of amides is 1. The van der Waals surface area contributed by atoms with Crippen LogP contribution in [-0.2, 0) is 14.3 Å². The summed E-state index contributed by atoms with van der Waals surface area (Å²) in [5.41, 5.74) is -0.355. The predicted octanol–water partition coefficient (Wildman–Crippen LogP) is 1.27. The van der Waals surface area contributed by atoms with Gasteiger partial charge in [0.15, 0.2) is 0 Å². The number of ether oxygens (including phenoxy) is 1. The van der Waals surface area contributed by atoms with Gasteiger partial charge in [-0.1, -0.05) is 13.8 Å². The minimum atomic E-state index is -0.478. The minimum Gasteiger partial charge on any atom is -0.467 e. The Morgan fingerprint density at radius 2 is 2.00 bits per heavy atom. The topological polar surface area (TPSA) is 49.9 Å². The van der Waals surface area contributed by atoms with Crippen molar-refractivity contribution in [3.05, 3.63) is 0 Å². The fourth-order valence-corrected chi connectivity index (χ4v) is 3.62. The van der Waals surface area contributed by atoms with Crippen LogP contribution in [0.25, 0.3) is 0 Å². The van der Waals surface area contributed by atoms with Gasteiger partial charge < -0.3 is 9.64 Å². The molecule has 2 atom stereocenters. The fraction of sp³-hybridized carbons (Fsp3) is 0.867. The Balaban J connectivity index is 2.15. The molecule has 0 aliphatic carbocycles. The van der Waals surface area contributed by atoms with Crippen LogP contribution in [0.5, 0.6) is 0 Å². The molecule has 0 bridgehead atoms. The number of hydrogen-bond donors (Lipinski definition) is 0. The van der Waals surface area contributed by atoms with E-state index in [0.717, 1.165) is 32.4 Å². The van der Waals surface area contributed by atoms with Crippen LogP contribution >= 0.6 is 0 Å². The lowest BCUT2D eigenvalue weighted by atomic mass is 9.93. The van der Waals surface area contributed by atoms with Gasteiger partial charge in [0.05, 0.1) is 7.11 Å². The highest BCUT2D eigenvalue weighted by Gasteiger charge is 2.54. The SMILES string of the molecule is COC(=O)[C@H](C)N1CC[C@@]2(CCCN2CC(C)C)C1=O. The van der Waals surface area contributed by atoms with Gasteiger partial charge in [-0.2, -0.15) is 0 Å². The van der Waals surface area contributed by atoms with Crippen LogP contribution in [0.15, 0.2) is 0 Å². The van der Waals surface area contributed by atoms with E-state index >= 15 is 0 Å². The Labute approximate surface area is 121 Å². The smallest absolute Gasteiger partial charge is 0.328 e. The summed E-state index contributed by atoms with van der Waals surface area (Å²) in [6, 6.07) is -0.478. The van der Waals surface area contributed by atoms with Crippen molar-refractivity contribution in [1.82, 2.24) is 9.80 Å². The summed E-state index contributed by atoms with van der Waals surface area (Å²) in [6.45, 7) is 8.71. The van der Waals surface area contributed by atoms with E-state index in [1.165, 1.54) is 7.11 Å². The molecule has 0 saturated carbocycles. The summed E-state index contributed by atoms with van der Waals surface area (Å²) in [7, 11) is 1.37. The number of hydrogen-bond acceptors (Lipinski definition) is 4. The number of nitrogens with zero attached hydrogens (tertiary/aromatic N) is 2. The van der Waals surface area contributed by atoms with Gasteiger partial charge >= 0.3 is 5.97 Å². The monoisotopic (exact) mass is 282 g/mol. The molecule has 1 spiro atoms. The van der Waals surface area contributed by atoms with Crippen molar-refractivity contribution in [2.24, 2.45) is 5.92 Å². The molecule has 2 saturated heterocycles. The van der Waals surface area contributed by atoms with E-state index in [9.17, 15) is 9.59 Å². The van der Waals surface area contributed by atoms with E-state index < -0.39 is 6.04 Å². The second kappa shape index (κ2) is 5.72. The Morgan fingerprint density at radius 3 is 2.60 bits per heavy atom. The van der Waals surface area contributed by atoms with Gasteiger partial charge in [-0.25, -0.2) is 4.79 Å². The van der Waals surface area contributed by atoms with Gasteiger partial charge in [0.25, 0.3) is 0 Å². The van der Waals surface area contributed by atoms with Crippen LogP contribution in [0.1, 0.15) is 40.0 Å². The second-order valence-electron chi connectivity index (χ2n) is 6.42. The summed E-state index contributed by atoms with van der Waals surface area (Å²) >= 11 is 0. The first kappa shape index (κ1) is 15.3. The zero-order valence-corrected chi connectivity index (χ0v) is 13.0. The third kappa shape index (κ3) is 2.43. The van der Waals surface area contributed by atoms with E-state index in [1.807, 2.05) is 0 Å². The Kier molecular flexibility index (Phi) is 4.37. The molecule has 0 aromatic carbocycles. The number of methoxy groups -OCH3 is 1. The van der Waals surface area contributed by atoms with Crippen LogP contribution in [-0.4, -0.2) is 60.0 Å². The number of esters is 1. The summed E-state index contributed by atoms with van der Waals surface area (Å²) in [5, 5.41) is 0. The maximum atomic E-state index is 12.9. The van der Waals surface area contributed by atoms with Crippen molar-refractivity contribution in [1.29, 1.82) is 0 Å². The van der Waals surface area contributed by atoms with Crippen molar-refractivity contribution < 1.29 is 14.3 Å². The van der Waals surface area contributed by atoms with Crippen molar-refractivity contribution in [3.8, 4) is 0 Å². The molecule has 0 radical (unpaired) electrons. The Morgan fingerprint density at radius 1 is 1.30 bits per heavy atom. The van der Waals surface area contributed by atoms with Crippen LogP contribution in [0.4, 0.5) is 0 Å². The third-order valence-corrected chi connectivity index (χ3v) is 4.64. The van der Waals surface area contributed by atoms with E-state index in [2.05, 4.69) is 18.7 Å². The summed E-state index contributed by atoms with van der Waals surface area (Å²) in [6.07, 6.45) is 2.82. The van der Waals surface area contributed by atoms with Gasteiger partial charge in [-0.05, 0) is 38.6 Å². The zero-order valence-electron chi connectivity index (χ0n) is 13.0. The maximum absolute atomic E-state index is 12.9. The average molecular weight is 282 g/mol. The number of carbonyl (C=O) groups excluding carboxylic acids is 2. The molecular formula is C15H26N2O3. The molecular weight excluding hydrogens is 256 g/mol. The second-order valence-corrected chi connectivity index (χ2v) is 6.42. The number of rotatable bonds is 4. The van der Waals surface area contributed by atoms with Gasteiger partial charge in [0.2, 0.25) is 5.91 Å². The van der Waals surface area contributed by atoms with Crippen molar-refractivity contribution in [3.63, 3.8) is 0 Å². The Bertz CT molecular complexity index is 397. The van der Waals surface area contributed by atoms with Gasteiger partial charge in [0.1, 0.15) is 11.6 Å². The highest BCUT2D eigenvalue weighted by atomic mass is 16.5. The van der Waals surface area contributed by atoms with Crippen molar-refractivity contribution in [2.75, 3.05) is 26.7 Å². The molecule has 5 nitrogen and oxygen atoms in total. The molecule has 2 aliphatic heterocycles.